The van der Waals surface area contributed by atoms with E-state index in [4.69, 9.17) is 23.9 Å². The quantitative estimate of drug-likeness (QED) is 0.638. The summed E-state index contributed by atoms with van der Waals surface area (Å²) in [4.78, 5) is 19.1. The van der Waals surface area contributed by atoms with Crippen LogP contribution in [0.4, 0.5) is 4.39 Å². The molecule has 0 saturated carbocycles. The molecule has 3 rings (SSSR count). The van der Waals surface area contributed by atoms with E-state index in [1.54, 1.807) is 45.4 Å². The third-order valence-corrected chi connectivity index (χ3v) is 5.52. The average molecular weight is 458 g/mol. The number of esters is 1. The molecular weight excluding hydrogens is 429 g/mol. The van der Waals surface area contributed by atoms with Crippen LogP contribution in [0.3, 0.4) is 0 Å². The van der Waals surface area contributed by atoms with E-state index in [0.717, 1.165) is 5.56 Å². The van der Waals surface area contributed by atoms with Gasteiger partial charge in [-0.25, -0.2) is 14.2 Å². The SMILES string of the molecule is COC(=O)C1=C(C)N(C)C(=NCc2cc(OC)c(OC)c(OC)c2)NC1c1ccc(F)cc1. The Morgan fingerprint density at radius 3 is 2.18 bits per heavy atom. The molecule has 1 atom stereocenters. The molecule has 0 spiro atoms. The third kappa shape index (κ3) is 4.87. The Hall–Kier alpha value is -3.75. The second-order valence-corrected chi connectivity index (χ2v) is 7.35. The van der Waals surface area contributed by atoms with Crippen LogP contribution >= 0.6 is 0 Å². The number of aliphatic imine (C=N–C) groups is 1. The molecule has 176 valence electrons. The van der Waals surface area contributed by atoms with Crippen LogP contribution in [0.15, 0.2) is 52.7 Å². The van der Waals surface area contributed by atoms with Crippen LogP contribution in [-0.4, -0.2) is 52.3 Å². The number of hydrogen-bond acceptors (Lipinski definition) is 6. The maximum atomic E-state index is 13.5. The minimum atomic E-state index is -0.548. The molecule has 1 unspecified atom stereocenters. The zero-order valence-corrected chi connectivity index (χ0v) is 19.6. The number of hydrogen-bond donors (Lipinski definition) is 1. The molecule has 0 radical (unpaired) electrons. The van der Waals surface area contributed by atoms with Gasteiger partial charge in [-0.05, 0) is 42.3 Å². The summed E-state index contributed by atoms with van der Waals surface area (Å²) in [5.41, 5.74) is 2.66. The number of guanidine groups is 1. The van der Waals surface area contributed by atoms with E-state index >= 15 is 0 Å². The van der Waals surface area contributed by atoms with Gasteiger partial charge in [0.1, 0.15) is 5.82 Å². The lowest BCUT2D eigenvalue weighted by Crippen LogP contribution is -2.47. The van der Waals surface area contributed by atoms with Gasteiger partial charge >= 0.3 is 5.97 Å². The molecule has 1 heterocycles. The van der Waals surface area contributed by atoms with Crippen LogP contribution < -0.4 is 19.5 Å². The number of nitrogens with one attached hydrogen (secondary N) is 1. The second kappa shape index (κ2) is 10.2. The van der Waals surface area contributed by atoms with Crippen LogP contribution in [0.25, 0.3) is 0 Å². The van der Waals surface area contributed by atoms with Crippen molar-refractivity contribution in [2.24, 2.45) is 4.99 Å². The highest BCUT2D eigenvalue weighted by Crippen LogP contribution is 2.38. The minimum Gasteiger partial charge on any atom is -0.493 e. The fraction of sp³-hybridized carbons (Fsp3) is 0.333. The zero-order valence-electron chi connectivity index (χ0n) is 19.6. The number of nitrogens with zero attached hydrogens (tertiary/aromatic N) is 2. The number of rotatable bonds is 7. The summed E-state index contributed by atoms with van der Waals surface area (Å²) in [7, 11) is 7.79. The molecule has 2 aromatic carbocycles. The number of benzene rings is 2. The van der Waals surface area contributed by atoms with Crippen LogP contribution in [0.1, 0.15) is 24.1 Å². The molecule has 0 bridgehead atoms. The maximum absolute atomic E-state index is 13.5. The maximum Gasteiger partial charge on any atom is 0.337 e. The van der Waals surface area contributed by atoms with Crippen molar-refractivity contribution < 1.29 is 28.1 Å². The van der Waals surface area contributed by atoms with Crippen LogP contribution in [-0.2, 0) is 16.1 Å². The first-order chi connectivity index (χ1) is 15.8. The topological polar surface area (TPSA) is 81.6 Å². The molecule has 0 fully saturated rings. The monoisotopic (exact) mass is 457 g/mol. The van der Waals surface area contributed by atoms with E-state index in [0.29, 0.717) is 46.6 Å². The minimum absolute atomic E-state index is 0.306. The molecule has 9 heteroatoms. The smallest absolute Gasteiger partial charge is 0.337 e. The Kier molecular flexibility index (Phi) is 7.42. The number of allylic oxidation sites excluding steroid dienone is 1. The molecule has 1 aliphatic heterocycles. The summed E-state index contributed by atoms with van der Waals surface area (Å²) in [6.45, 7) is 2.12. The largest absolute Gasteiger partial charge is 0.493 e. The predicted octanol–water partition coefficient (Wildman–Crippen LogP) is 3.43. The number of methoxy groups -OCH3 is 4. The van der Waals surface area contributed by atoms with Crippen molar-refractivity contribution in [2.75, 3.05) is 35.5 Å². The Morgan fingerprint density at radius 2 is 1.67 bits per heavy atom. The fourth-order valence-corrected chi connectivity index (χ4v) is 3.67. The number of ether oxygens (including phenoxy) is 4. The molecule has 8 nitrogen and oxygen atoms in total. The van der Waals surface area contributed by atoms with Gasteiger partial charge in [0.2, 0.25) is 5.75 Å². The van der Waals surface area contributed by atoms with Crippen molar-refractivity contribution >= 4 is 11.9 Å². The lowest BCUT2D eigenvalue weighted by molar-refractivity contribution is -0.136. The summed E-state index contributed by atoms with van der Waals surface area (Å²) < 4.78 is 34.7. The van der Waals surface area contributed by atoms with Gasteiger partial charge in [0.15, 0.2) is 17.5 Å². The van der Waals surface area contributed by atoms with Gasteiger partial charge in [0.25, 0.3) is 0 Å². The normalized spacial score (nSPS) is 17.0. The Balaban J connectivity index is 1.99. The number of halogens is 1. The van der Waals surface area contributed by atoms with E-state index in [1.807, 2.05) is 19.1 Å². The standard InChI is InChI=1S/C24H28FN3O5/c1-14-20(23(29)33-6)21(16-7-9-17(25)10-8-16)27-24(28(14)2)26-13-15-11-18(30-3)22(32-5)19(12-15)31-4/h7-12,21H,13H2,1-6H3,(H,26,27). The Morgan fingerprint density at radius 1 is 1.06 bits per heavy atom. The predicted molar refractivity (Wildman–Crippen MR) is 122 cm³/mol. The van der Waals surface area contributed by atoms with Gasteiger partial charge in [0.05, 0.1) is 46.6 Å². The average Bonchev–Trinajstić information content (AvgIpc) is 2.84. The Labute approximate surface area is 192 Å². The molecule has 0 amide bonds. The number of carbonyl (C=O) groups excluding carboxylic acids is 1. The first-order valence-electron chi connectivity index (χ1n) is 10.2. The van der Waals surface area contributed by atoms with Gasteiger partial charge in [0, 0.05) is 12.7 Å². The number of carbonyl (C=O) groups is 1. The summed E-state index contributed by atoms with van der Waals surface area (Å²) in [6, 6.07) is 9.07. The van der Waals surface area contributed by atoms with E-state index in [1.165, 1.54) is 19.2 Å². The summed E-state index contributed by atoms with van der Waals surface area (Å²) in [5, 5.41) is 3.29. The molecule has 33 heavy (non-hydrogen) atoms. The van der Waals surface area contributed by atoms with Crippen LogP contribution in [0.2, 0.25) is 0 Å². The first kappa shape index (κ1) is 23.9. The fourth-order valence-electron chi connectivity index (χ4n) is 3.67. The van der Waals surface area contributed by atoms with Crippen LogP contribution in [0.5, 0.6) is 17.2 Å². The zero-order chi connectivity index (χ0) is 24.1. The highest BCUT2D eigenvalue weighted by molar-refractivity contribution is 5.96. The molecular formula is C24H28FN3O5. The van der Waals surface area contributed by atoms with Crippen molar-refractivity contribution in [3.63, 3.8) is 0 Å². The lowest BCUT2D eigenvalue weighted by atomic mass is 9.95. The second-order valence-electron chi connectivity index (χ2n) is 7.35. The molecule has 0 aliphatic carbocycles. The van der Waals surface area contributed by atoms with Crippen molar-refractivity contribution in [1.82, 2.24) is 10.2 Å². The highest BCUT2D eigenvalue weighted by Gasteiger charge is 2.33. The molecule has 1 aliphatic rings. The van der Waals surface area contributed by atoms with Crippen molar-refractivity contribution in [1.29, 1.82) is 0 Å². The van der Waals surface area contributed by atoms with E-state index in [-0.39, 0.29) is 5.82 Å². The molecule has 0 aromatic heterocycles. The highest BCUT2D eigenvalue weighted by atomic mass is 19.1. The van der Waals surface area contributed by atoms with Gasteiger partial charge in [-0.3, -0.25) is 0 Å². The summed E-state index contributed by atoms with van der Waals surface area (Å²) in [5.74, 6) is 1.29. The van der Waals surface area contributed by atoms with Gasteiger partial charge in [-0.2, -0.15) is 0 Å². The molecule has 0 saturated heterocycles. The molecule has 1 N–H and O–H groups in total. The van der Waals surface area contributed by atoms with E-state index in [2.05, 4.69) is 5.32 Å². The van der Waals surface area contributed by atoms with Crippen LogP contribution in [0, 0.1) is 5.82 Å². The van der Waals surface area contributed by atoms with Gasteiger partial charge in [-0.15, -0.1) is 0 Å². The summed E-state index contributed by atoms with van der Waals surface area (Å²) in [6.07, 6.45) is 0. The molecule has 2 aromatic rings. The van der Waals surface area contributed by atoms with Crippen molar-refractivity contribution in [2.45, 2.75) is 19.5 Å². The van der Waals surface area contributed by atoms with Crippen molar-refractivity contribution in [3.05, 3.63) is 64.6 Å². The first-order valence-corrected chi connectivity index (χ1v) is 10.2. The summed E-state index contributed by atoms with van der Waals surface area (Å²) >= 11 is 0. The van der Waals surface area contributed by atoms with E-state index < -0.39 is 12.0 Å². The van der Waals surface area contributed by atoms with Gasteiger partial charge < -0.3 is 29.2 Å². The Bertz CT molecular complexity index is 1060. The third-order valence-electron chi connectivity index (χ3n) is 5.52. The van der Waals surface area contributed by atoms with E-state index in [9.17, 15) is 9.18 Å². The van der Waals surface area contributed by atoms with Crippen molar-refractivity contribution in [3.8, 4) is 17.2 Å². The lowest BCUT2D eigenvalue weighted by Gasteiger charge is -2.36. The van der Waals surface area contributed by atoms with Gasteiger partial charge in [-0.1, -0.05) is 12.1 Å².